The van der Waals surface area contributed by atoms with Crippen LogP contribution in [0.15, 0.2) is 54.7 Å². The molecule has 8 nitrogen and oxygen atoms in total. The number of hydrogen-bond acceptors (Lipinski definition) is 6. The van der Waals surface area contributed by atoms with Gasteiger partial charge >= 0.3 is 12.1 Å². The van der Waals surface area contributed by atoms with E-state index in [0.717, 1.165) is 36.1 Å². The van der Waals surface area contributed by atoms with E-state index in [1.165, 1.54) is 6.07 Å². The summed E-state index contributed by atoms with van der Waals surface area (Å²) < 4.78 is 52.2. The topological polar surface area (TPSA) is 107 Å². The molecule has 0 spiro atoms. The fourth-order valence-corrected chi connectivity index (χ4v) is 5.09. The number of esters is 1. The Morgan fingerprint density at radius 3 is 2.30 bits per heavy atom. The molecule has 5 rings (SSSR count). The number of benzene rings is 2. The third-order valence-corrected chi connectivity index (χ3v) is 7.30. The minimum atomic E-state index is -4.66. The van der Waals surface area contributed by atoms with E-state index < -0.39 is 35.1 Å². The molecule has 1 fully saturated rings. The number of carbonyl (C=O) groups excluding carboxylic acids is 3. The highest BCUT2D eigenvalue weighted by molar-refractivity contribution is 5.94. The van der Waals surface area contributed by atoms with Gasteiger partial charge in [-0.2, -0.15) is 13.2 Å². The lowest BCUT2D eigenvalue weighted by Crippen LogP contribution is -2.28. The number of fused-ring (bicyclic) bond motifs is 1. The van der Waals surface area contributed by atoms with Crippen molar-refractivity contribution in [1.29, 1.82) is 0 Å². The second kappa shape index (κ2) is 12.3. The molecule has 232 valence electrons. The first-order valence-corrected chi connectivity index (χ1v) is 14.5. The molecule has 2 aliphatic carbocycles. The van der Waals surface area contributed by atoms with Crippen LogP contribution in [0.2, 0.25) is 0 Å². The van der Waals surface area contributed by atoms with Crippen LogP contribution in [0.1, 0.15) is 62.3 Å². The summed E-state index contributed by atoms with van der Waals surface area (Å²) in [7, 11) is 0. The number of hydrogen-bond donors (Lipinski definition) is 2. The van der Waals surface area contributed by atoms with Crippen LogP contribution in [0.5, 0.6) is 11.5 Å². The summed E-state index contributed by atoms with van der Waals surface area (Å²) in [6.07, 6.45) is -0.206. The molecule has 11 heteroatoms. The van der Waals surface area contributed by atoms with Crippen molar-refractivity contribution in [2.24, 2.45) is 11.8 Å². The summed E-state index contributed by atoms with van der Waals surface area (Å²) >= 11 is 0. The fraction of sp³-hybridized carbons (Fsp3) is 0.394. The van der Waals surface area contributed by atoms with E-state index in [9.17, 15) is 27.6 Å². The number of halogens is 3. The van der Waals surface area contributed by atoms with Crippen molar-refractivity contribution >= 4 is 29.3 Å². The van der Waals surface area contributed by atoms with Gasteiger partial charge in [-0.1, -0.05) is 6.07 Å². The van der Waals surface area contributed by atoms with Crippen molar-refractivity contribution in [3.8, 4) is 11.5 Å². The van der Waals surface area contributed by atoms with E-state index in [1.807, 2.05) is 18.2 Å². The Hall–Kier alpha value is -4.41. The predicted octanol–water partition coefficient (Wildman–Crippen LogP) is 6.87. The van der Waals surface area contributed by atoms with Crippen molar-refractivity contribution in [2.45, 2.75) is 71.1 Å². The zero-order valence-corrected chi connectivity index (χ0v) is 24.7. The van der Waals surface area contributed by atoms with Crippen LogP contribution in [-0.2, 0) is 44.6 Å². The summed E-state index contributed by atoms with van der Waals surface area (Å²) in [5.74, 6) is -0.137. The maximum Gasteiger partial charge on any atom is 0.416 e. The average Bonchev–Trinajstić information content (AvgIpc) is 3.77. The summed E-state index contributed by atoms with van der Waals surface area (Å²) in [4.78, 5) is 41.8. The summed E-state index contributed by atoms with van der Waals surface area (Å²) in [5.41, 5.74) is 0.273. The summed E-state index contributed by atoms with van der Waals surface area (Å²) in [5, 5.41) is 5.43. The minimum Gasteiger partial charge on any atom is -0.460 e. The van der Waals surface area contributed by atoms with E-state index in [1.54, 1.807) is 39.1 Å². The van der Waals surface area contributed by atoms with Crippen LogP contribution >= 0.6 is 0 Å². The summed E-state index contributed by atoms with van der Waals surface area (Å²) in [6, 6.07) is 12.1. The molecule has 1 saturated carbocycles. The molecule has 1 aromatic heterocycles. The third kappa shape index (κ3) is 8.36. The van der Waals surface area contributed by atoms with Crippen molar-refractivity contribution in [1.82, 2.24) is 4.98 Å². The van der Waals surface area contributed by atoms with Gasteiger partial charge < -0.3 is 20.1 Å². The van der Waals surface area contributed by atoms with E-state index in [2.05, 4.69) is 15.6 Å². The molecule has 2 aromatic carbocycles. The SMILES string of the molecule is CC(C)(C)OC(=O)Cc1cc(NC(=O)C2CCc3ccc(Oc4ccnc(NC(=O)C5CC5)c4)cc3C2)cc(C(F)(F)F)c1. The van der Waals surface area contributed by atoms with E-state index >= 15 is 0 Å². The highest BCUT2D eigenvalue weighted by Gasteiger charge is 2.33. The van der Waals surface area contributed by atoms with Crippen molar-refractivity contribution in [3.05, 3.63) is 77.0 Å². The Kier molecular flexibility index (Phi) is 8.67. The summed E-state index contributed by atoms with van der Waals surface area (Å²) in [6.45, 7) is 5.02. The lowest BCUT2D eigenvalue weighted by molar-refractivity contribution is -0.154. The molecule has 1 heterocycles. The number of pyridine rings is 1. The van der Waals surface area contributed by atoms with Gasteiger partial charge in [0.15, 0.2) is 0 Å². The lowest BCUT2D eigenvalue weighted by atomic mass is 9.83. The van der Waals surface area contributed by atoms with Gasteiger partial charge in [0.25, 0.3) is 0 Å². The van der Waals surface area contributed by atoms with Gasteiger partial charge in [-0.15, -0.1) is 0 Å². The number of amides is 2. The van der Waals surface area contributed by atoms with Crippen LogP contribution in [-0.4, -0.2) is 28.4 Å². The smallest absolute Gasteiger partial charge is 0.416 e. The van der Waals surface area contributed by atoms with Gasteiger partial charge in [-0.25, -0.2) is 4.98 Å². The molecule has 0 aliphatic heterocycles. The molecule has 1 atom stereocenters. The highest BCUT2D eigenvalue weighted by Crippen LogP contribution is 2.35. The molecule has 3 aromatic rings. The molecule has 2 aliphatic rings. The van der Waals surface area contributed by atoms with Crippen LogP contribution < -0.4 is 15.4 Å². The molecule has 44 heavy (non-hydrogen) atoms. The molecule has 2 N–H and O–H groups in total. The Bertz CT molecular complexity index is 1580. The number of aryl methyl sites for hydroxylation is 1. The third-order valence-electron chi connectivity index (χ3n) is 7.30. The van der Waals surface area contributed by atoms with Crippen LogP contribution in [0, 0.1) is 11.8 Å². The van der Waals surface area contributed by atoms with Crippen LogP contribution in [0.4, 0.5) is 24.7 Å². The zero-order valence-electron chi connectivity index (χ0n) is 24.7. The maximum atomic E-state index is 13.7. The molecule has 1 unspecified atom stereocenters. The number of anilines is 2. The second-order valence-corrected chi connectivity index (χ2v) is 12.3. The van der Waals surface area contributed by atoms with E-state index in [4.69, 9.17) is 9.47 Å². The predicted molar refractivity (Wildman–Crippen MR) is 157 cm³/mol. The Morgan fingerprint density at radius 2 is 1.59 bits per heavy atom. The number of carbonyl (C=O) groups is 3. The first kappa shape index (κ1) is 31.0. The fourth-order valence-electron chi connectivity index (χ4n) is 5.09. The van der Waals surface area contributed by atoms with Crippen molar-refractivity contribution < 1.29 is 37.0 Å². The van der Waals surface area contributed by atoms with Gasteiger partial charge in [0.05, 0.1) is 12.0 Å². The van der Waals surface area contributed by atoms with Crippen LogP contribution in [0.25, 0.3) is 0 Å². The average molecular weight is 610 g/mol. The molecular formula is C33H34F3N3O5. The highest BCUT2D eigenvalue weighted by atomic mass is 19.4. The maximum absolute atomic E-state index is 13.7. The Balaban J connectivity index is 1.26. The molecule has 0 radical (unpaired) electrons. The molecule has 2 amide bonds. The normalized spacial score (nSPS) is 16.5. The quantitative estimate of drug-likeness (QED) is 0.270. The van der Waals surface area contributed by atoms with Gasteiger partial charge in [0, 0.05) is 29.8 Å². The standard InChI is InChI=1S/C33H34F3N3O5/c1-32(2,3)44-29(40)14-19-12-24(33(34,35)36)17-25(13-19)38-31(42)22-7-4-20-8-9-26(16-23(20)15-22)43-27-10-11-37-28(18-27)39-30(41)21-5-6-21/h8-13,16-18,21-22H,4-7,14-15H2,1-3H3,(H,38,42)(H,37,39,41). The number of nitrogens with one attached hydrogen (secondary N) is 2. The Morgan fingerprint density at radius 1 is 0.864 bits per heavy atom. The first-order valence-electron chi connectivity index (χ1n) is 14.5. The number of nitrogens with zero attached hydrogens (tertiary/aromatic N) is 1. The minimum absolute atomic E-state index is 0.0338. The molecular weight excluding hydrogens is 575 g/mol. The number of aromatic nitrogens is 1. The first-order chi connectivity index (χ1) is 20.7. The van der Waals surface area contributed by atoms with E-state index in [0.29, 0.717) is 36.6 Å². The second-order valence-electron chi connectivity index (χ2n) is 12.3. The van der Waals surface area contributed by atoms with Gasteiger partial charge in [0.1, 0.15) is 22.9 Å². The van der Waals surface area contributed by atoms with Gasteiger partial charge in [-0.3, -0.25) is 14.4 Å². The lowest BCUT2D eigenvalue weighted by Gasteiger charge is -2.25. The number of rotatable bonds is 8. The van der Waals surface area contributed by atoms with Gasteiger partial charge in [0.2, 0.25) is 11.8 Å². The van der Waals surface area contributed by atoms with Gasteiger partial charge in [-0.05, 0) is 106 Å². The molecule has 0 saturated heterocycles. The largest absolute Gasteiger partial charge is 0.460 e. The zero-order chi connectivity index (χ0) is 31.6. The van der Waals surface area contributed by atoms with Crippen LogP contribution in [0.3, 0.4) is 0 Å². The number of alkyl halides is 3. The molecule has 0 bridgehead atoms. The monoisotopic (exact) mass is 609 g/mol. The Labute approximate surface area is 253 Å². The van der Waals surface area contributed by atoms with E-state index in [-0.39, 0.29) is 29.5 Å². The van der Waals surface area contributed by atoms with Crippen molar-refractivity contribution in [2.75, 3.05) is 10.6 Å². The van der Waals surface area contributed by atoms with Crippen molar-refractivity contribution in [3.63, 3.8) is 0 Å². The number of ether oxygens (including phenoxy) is 2.